The number of carbonyl (C=O) groups is 2. The summed E-state index contributed by atoms with van der Waals surface area (Å²) in [6.45, 7) is 5.48. The Labute approximate surface area is 152 Å². The summed E-state index contributed by atoms with van der Waals surface area (Å²) in [5.74, 6) is 0.431. The van der Waals surface area contributed by atoms with Gasteiger partial charge in [0.25, 0.3) is 0 Å². The molecule has 0 radical (unpaired) electrons. The fourth-order valence-corrected chi connectivity index (χ4v) is 2.87. The van der Waals surface area contributed by atoms with Crippen LogP contribution in [0.2, 0.25) is 0 Å². The monoisotopic (exact) mass is 344 g/mol. The predicted molar refractivity (Wildman–Crippen MR) is 103 cm³/mol. The number of rotatable bonds is 5. The Morgan fingerprint density at radius 3 is 2.15 bits per heavy atom. The van der Waals surface area contributed by atoms with Crippen molar-refractivity contribution in [1.82, 2.24) is 4.98 Å². The lowest BCUT2D eigenvalue weighted by Crippen LogP contribution is -2.07. The largest absolute Gasteiger partial charge is 0.340 e. The molecule has 3 rings (SSSR count). The van der Waals surface area contributed by atoms with Gasteiger partial charge in [0.05, 0.1) is 5.56 Å². The molecule has 0 spiro atoms. The second-order valence-electron chi connectivity index (χ2n) is 6.36. The average molecular weight is 344 g/mol. The summed E-state index contributed by atoms with van der Waals surface area (Å²) in [7, 11) is 0. The fourth-order valence-electron chi connectivity index (χ4n) is 2.87. The van der Waals surface area contributed by atoms with Gasteiger partial charge in [-0.1, -0.05) is 17.2 Å². The Balaban J connectivity index is 1.92. The topological polar surface area (TPSA) is 59.1 Å². The molecule has 0 atom stereocenters. The SMILES string of the molecule is CC(=O)c1ccc(Nc2ncccc2C(=O)c2cc(C)cc(C)c2)cc1. The van der Waals surface area contributed by atoms with Gasteiger partial charge in [-0.2, -0.15) is 0 Å². The van der Waals surface area contributed by atoms with Crippen LogP contribution >= 0.6 is 0 Å². The molecule has 0 saturated heterocycles. The summed E-state index contributed by atoms with van der Waals surface area (Å²) in [6, 6.07) is 16.4. The summed E-state index contributed by atoms with van der Waals surface area (Å²) >= 11 is 0. The Bertz CT molecular complexity index is 955. The number of ketones is 2. The molecule has 1 aromatic heterocycles. The maximum absolute atomic E-state index is 13.0. The van der Waals surface area contributed by atoms with Gasteiger partial charge in [-0.15, -0.1) is 0 Å². The second-order valence-corrected chi connectivity index (χ2v) is 6.36. The van der Waals surface area contributed by atoms with E-state index < -0.39 is 0 Å². The molecule has 130 valence electrons. The van der Waals surface area contributed by atoms with Gasteiger partial charge in [0, 0.05) is 23.0 Å². The van der Waals surface area contributed by atoms with Crippen LogP contribution in [0.5, 0.6) is 0 Å². The van der Waals surface area contributed by atoms with Crippen molar-refractivity contribution in [2.75, 3.05) is 5.32 Å². The number of benzene rings is 2. The predicted octanol–water partition coefficient (Wildman–Crippen LogP) is 4.88. The lowest BCUT2D eigenvalue weighted by Gasteiger charge is -2.11. The van der Waals surface area contributed by atoms with Crippen LogP contribution in [0.15, 0.2) is 60.8 Å². The number of aromatic nitrogens is 1. The molecule has 1 heterocycles. The summed E-state index contributed by atoms with van der Waals surface area (Å²) < 4.78 is 0. The van der Waals surface area contributed by atoms with E-state index >= 15 is 0 Å². The van der Waals surface area contributed by atoms with Crippen LogP contribution in [0.25, 0.3) is 0 Å². The Morgan fingerprint density at radius 2 is 1.54 bits per heavy atom. The average Bonchev–Trinajstić information content (AvgIpc) is 2.61. The van der Waals surface area contributed by atoms with Gasteiger partial charge < -0.3 is 5.32 Å². The summed E-state index contributed by atoms with van der Waals surface area (Å²) in [5.41, 5.74) is 4.66. The molecule has 4 nitrogen and oxygen atoms in total. The molecule has 0 aliphatic rings. The first kappa shape index (κ1) is 17.5. The van der Waals surface area contributed by atoms with Crippen LogP contribution in [-0.2, 0) is 0 Å². The van der Waals surface area contributed by atoms with Crippen molar-refractivity contribution in [3.63, 3.8) is 0 Å². The summed E-state index contributed by atoms with van der Waals surface area (Å²) in [4.78, 5) is 28.7. The lowest BCUT2D eigenvalue weighted by molar-refractivity contribution is 0.101. The molecule has 26 heavy (non-hydrogen) atoms. The number of Topliss-reactive ketones (excluding diaryl/α,β-unsaturated/α-hetero) is 1. The van der Waals surface area contributed by atoms with Gasteiger partial charge in [0.15, 0.2) is 11.6 Å². The van der Waals surface area contributed by atoms with Gasteiger partial charge in [0.1, 0.15) is 5.82 Å². The van der Waals surface area contributed by atoms with Crippen molar-refractivity contribution in [2.24, 2.45) is 0 Å². The van der Waals surface area contributed by atoms with Gasteiger partial charge >= 0.3 is 0 Å². The highest BCUT2D eigenvalue weighted by Crippen LogP contribution is 2.22. The van der Waals surface area contributed by atoms with E-state index in [-0.39, 0.29) is 11.6 Å². The third-order valence-electron chi connectivity index (χ3n) is 4.09. The minimum atomic E-state index is -0.0762. The zero-order valence-corrected chi connectivity index (χ0v) is 15.0. The molecule has 0 unspecified atom stereocenters. The minimum Gasteiger partial charge on any atom is -0.340 e. The number of carbonyl (C=O) groups excluding carboxylic acids is 2. The van der Waals surface area contributed by atoms with Crippen LogP contribution in [0.1, 0.15) is 44.3 Å². The highest BCUT2D eigenvalue weighted by atomic mass is 16.1. The molecule has 4 heteroatoms. The van der Waals surface area contributed by atoms with Crippen LogP contribution < -0.4 is 5.32 Å². The summed E-state index contributed by atoms with van der Waals surface area (Å²) in [5, 5.41) is 3.18. The van der Waals surface area contributed by atoms with Crippen molar-refractivity contribution in [3.8, 4) is 0 Å². The molecule has 2 aromatic carbocycles. The number of nitrogens with zero attached hydrogens (tertiary/aromatic N) is 1. The van der Waals surface area contributed by atoms with E-state index in [4.69, 9.17) is 0 Å². The van der Waals surface area contributed by atoms with Crippen LogP contribution in [-0.4, -0.2) is 16.6 Å². The van der Waals surface area contributed by atoms with E-state index in [9.17, 15) is 9.59 Å². The molecular weight excluding hydrogens is 324 g/mol. The van der Waals surface area contributed by atoms with E-state index in [0.717, 1.165) is 16.8 Å². The highest BCUT2D eigenvalue weighted by Gasteiger charge is 2.15. The quantitative estimate of drug-likeness (QED) is 0.671. The van der Waals surface area contributed by atoms with Gasteiger partial charge in [0.2, 0.25) is 0 Å². The zero-order chi connectivity index (χ0) is 18.7. The lowest BCUT2D eigenvalue weighted by atomic mass is 9.99. The number of hydrogen-bond donors (Lipinski definition) is 1. The van der Waals surface area contributed by atoms with Crippen LogP contribution in [0, 0.1) is 13.8 Å². The second kappa shape index (κ2) is 7.31. The highest BCUT2D eigenvalue weighted by molar-refractivity contribution is 6.12. The van der Waals surface area contributed by atoms with E-state index in [1.165, 1.54) is 6.92 Å². The third-order valence-corrected chi connectivity index (χ3v) is 4.09. The Kier molecular flexibility index (Phi) is 4.94. The van der Waals surface area contributed by atoms with Crippen molar-refractivity contribution in [1.29, 1.82) is 0 Å². The van der Waals surface area contributed by atoms with E-state index in [0.29, 0.717) is 22.5 Å². The van der Waals surface area contributed by atoms with Gasteiger partial charge in [-0.3, -0.25) is 9.59 Å². The van der Waals surface area contributed by atoms with E-state index in [1.54, 1.807) is 42.6 Å². The van der Waals surface area contributed by atoms with Crippen LogP contribution in [0.3, 0.4) is 0 Å². The maximum Gasteiger partial charge on any atom is 0.196 e. The molecule has 1 N–H and O–H groups in total. The molecule has 0 aliphatic carbocycles. The third kappa shape index (κ3) is 3.86. The van der Waals surface area contributed by atoms with Crippen LogP contribution in [0.4, 0.5) is 11.5 Å². The summed E-state index contributed by atoms with van der Waals surface area (Å²) in [6.07, 6.45) is 1.64. The first-order valence-corrected chi connectivity index (χ1v) is 8.40. The number of aryl methyl sites for hydroxylation is 2. The maximum atomic E-state index is 13.0. The molecular formula is C22H20N2O2. The molecule has 3 aromatic rings. The Morgan fingerprint density at radius 1 is 0.885 bits per heavy atom. The fraction of sp³-hybridized carbons (Fsp3) is 0.136. The normalized spacial score (nSPS) is 10.4. The molecule has 0 amide bonds. The van der Waals surface area contributed by atoms with Gasteiger partial charge in [-0.25, -0.2) is 4.98 Å². The first-order chi connectivity index (χ1) is 12.4. The standard InChI is InChI=1S/C22H20N2O2/c1-14-11-15(2)13-18(12-14)21(26)20-5-4-10-23-22(20)24-19-8-6-17(7-9-19)16(3)25/h4-13H,1-3H3,(H,23,24). The first-order valence-electron chi connectivity index (χ1n) is 8.40. The van der Waals surface area contributed by atoms with Crippen molar-refractivity contribution < 1.29 is 9.59 Å². The zero-order valence-electron chi connectivity index (χ0n) is 15.0. The minimum absolute atomic E-state index is 0.0140. The number of hydrogen-bond acceptors (Lipinski definition) is 4. The molecule has 0 aliphatic heterocycles. The number of nitrogens with one attached hydrogen (secondary N) is 1. The number of pyridine rings is 1. The van der Waals surface area contributed by atoms with Crippen molar-refractivity contribution >= 4 is 23.1 Å². The number of anilines is 2. The Hall–Kier alpha value is -3.27. The molecule has 0 fully saturated rings. The smallest absolute Gasteiger partial charge is 0.196 e. The van der Waals surface area contributed by atoms with Crippen molar-refractivity contribution in [2.45, 2.75) is 20.8 Å². The van der Waals surface area contributed by atoms with Crippen molar-refractivity contribution in [3.05, 3.63) is 88.6 Å². The molecule has 0 saturated carbocycles. The molecule has 0 bridgehead atoms. The van der Waals surface area contributed by atoms with E-state index in [2.05, 4.69) is 10.3 Å². The van der Waals surface area contributed by atoms with Gasteiger partial charge in [-0.05, 0) is 69.3 Å². The van der Waals surface area contributed by atoms with E-state index in [1.807, 2.05) is 32.0 Å².